The molecule has 0 amide bonds. The van der Waals surface area contributed by atoms with Crippen LogP contribution in [0.2, 0.25) is 0 Å². The highest BCUT2D eigenvalue weighted by Gasteiger charge is 2.40. The van der Waals surface area contributed by atoms with Crippen LogP contribution in [-0.4, -0.2) is 17.7 Å². The molecule has 2 nitrogen and oxygen atoms in total. The molecule has 2 aliphatic rings. The number of nitrogens with two attached hydrogens (primary N) is 1. The molecule has 2 N–H and O–H groups in total. The Morgan fingerprint density at radius 1 is 1.29 bits per heavy atom. The Hall–Kier alpha value is -0.0800. The van der Waals surface area contributed by atoms with Crippen molar-refractivity contribution in [3.05, 3.63) is 0 Å². The maximum atomic E-state index is 6.22. The Kier molecular flexibility index (Phi) is 3.13. The molecule has 1 heterocycles. The lowest BCUT2D eigenvalue weighted by Crippen LogP contribution is -2.33. The van der Waals surface area contributed by atoms with Crippen molar-refractivity contribution in [3.63, 3.8) is 0 Å². The zero-order chi connectivity index (χ0) is 10.0. The highest BCUT2D eigenvalue weighted by atomic mass is 16.5. The molecule has 14 heavy (non-hydrogen) atoms. The van der Waals surface area contributed by atoms with Gasteiger partial charge < -0.3 is 10.5 Å². The molecule has 0 aromatic rings. The van der Waals surface area contributed by atoms with Crippen LogP contribution in [0.5, 0.6) is 0 Å². The van der Waals surface area contributed by atoms with Crippen molar-refractivity contribution in [1.82, 2.24) is 0 Å². The molecule has 0 aromatic heterocycles. The predicted molar refractivity (Wildman–Crippen MR) is 58.2 cm³/mol. The van der Waals surface area contributed by atoms with Crippen molar-refractivity contribution >= 4 is 0 Å². The van der Waals surface area contributed by atoms with Crippen LogP contribution in [0.15, 0.2) is 0 Å². The molecule has 2 unspecified atom stereocenters. The molecule has 1 aliphatic heterocycles. The second-order valence-corrected chi connectivity index (χ2v) is 5.24. The van der Waals surface area contributed by atoms with Gasteiger partial charge in [-0.15, -0.1) is 0 Å². The van der Waals surface area contributed by atoms with E-state index in [1.54, 1.807) is 0 Å². The smallest absolute Gasteiger partial charge is 0.0687 e. The first-order valence-corrected chi connectivity index (χ1v) is 6.14. The Balaban J connectivity index is 1.86. The Morgan fingerprint density at radius 3 is 2.64 bits per heavy atom. The van der Waals surface area contributed by atoms with Crippen molar-refractivity contribution in [1.29, 1.82) is 0 Å². The number of hydrogen-bond donors (Lipinski definition) is 1. The van der Waals surface area contributed by atoms with Gasteiger partial charge in [0, 0.05) is 6.04 Å². The van der Waals surface area contributed by atoms with Crippen LogP contribution in [0, 0.1) is 0 Å². The van der Waals surface area contributed by atoms with Crippen LogP contribution in [0.1, 0.15) is 58.3 Å². The second kappa shape index (κ2) is 4.19. The molecule has 1 spiro atoms. The third-order valence-corrected chi connectivity index (χ3v) is 3.74. The summed E-state index contributed by atoms with van der Waals surface area (Å²) in [5, 5.41) is 0. The van der Waals surface area contributed by atoms with Crippen molar-refractivity contribution in [3.8, 4) is 0 Å². The van der Waals surface area contributed by atoms with E-state index in [-0.39, 0.29) is 5.60 Å². The first-order valence-electron chi connectivity index (χ1n) is 6.14. The maximum Gasteiger partial charge on any atom is 0.0687 e. The minimum absolute atomic E-state index is 0.276. The molecule has 2 atom stereocenters. The molecular formula is C12H23NO. The van der Waals surface area contributed by atoms with Gasteiger partial charge in [-0.3, -0.25) is 0 Å². The van der Waals surface area contributed by atoms with Gasteiger partial charge in [-0.1, -0.05) is 19.3 Å². The van der Waals surface area contributed by atoms with E-state index in [0.29, 0.717) is 12.1 Å². The fourth-order valence-electron chi connectivity index (χ4n) is 3.04. The molecule has 2 heteroatoms. The first kappa shape index (κ1) is 10.4. The highest BCUT2D eigenvalue weighted by Crippen LogP contribution is 2.42. The molecule has 2 fully saturated rings. The van der Waals surface area contributed by atoms with E-state index in [1.165, 1.54) is 44.9 Å². The van der Waals surface area contributed by atoms with Gasteiger partial charge in [0.25, 0.3) is 0 Å². The van der Waals surface area contributed by atoms with Crippen LogP contribution in [0.4, 0.5) is 0 Å². The van der Waals surface area contributed by atoms with E-state index < -0.39 is 0 Å². The second-order valence-electron chi connectivity index (χ2n) is 5.24. The summed E-state index contributed by atoms with van der Waals surface area (Å²) in [6.07, 6.45) is 10.7. The lowest BCUT2D eigenvalue weighted by molar-refractivity contribution is -0.0667. The summed E-state index contributed by atoms with van der Waals surface area (Å²) >= 11 is 0. The topological polar surface area (TPSA) is 35.2 Å². The maximum absolute atomic E-state index is 6.22. The van der Waals surface area contributed by atoms with Gasteiger partial charge >= 0.3 is 0 Å². The zero-order valence-corrected chi connectivity index (χ0v) is 9.30. The van der Waals surface area contributed by atoms with Crippen LogP contribution in [-0.2, 0) is 4.74 Å². The number of hydrogen-bond acceptors (Lipinski definition) is 2. The van der Waals surface area contributed by atoms with E-state index >= 15 is 0 Å². The Morgan fingerprint density at radius 2 is 2.00 bits per heavy atom. The summed E-state index contributed by atoms with van der Waals surface area (Å²) in [4.78, 5) is 0. The molecule has 1 saturated heterocycles. The lowest BCUT2D eigenvalue weighted by atomic mass is 9.83. The fourth-order valence-corrected chi connectivity index (χ4v) is 3.04. The average Bonchev–Trinajstić information content (AvgIpc) is 2.49. The van der Waals surface area contributed by atoms with Gasteiger partial charge in [0.2, 0.25) is 0 Å². The van der Waals surface area contributed by atoms with E-state index in [1.807, 2.05) is 0 Å². The Labute approximate surface area is 87.2 Å². The van der Waals surface area contributed by atoms with Crippen LogP contribution in [0.25, 0.3) is 0 Å². The summed E-state index contributed by atoms with van der Waals surface area (Å²) in [5.41, 5.74) is 6.09. The highest BCUT2D eigenvalue weighted by molar-refractivity contribution is 4.91. The predicted octanol–water partition coefficient (Wildman–Crippen LogP) is 2.61. The normalized spacial score (nSPS) is 33.4. The van der Waals surface area contributed by atoms with Gasteiger partial charge in [0.05, 0.1) is 11.7 Å². The summed E-state index contributed by atoms with van der Waals surface area (Å²) in [5.74, 6) is 0. The summed E-state index contributed by atoms with van der Waals surface area (Å²) < 4.78 is 6.22. The molecule has 82 valence electrons. The molecule has 0 aromatic carbocycles. The van der Waals surface area contributed by atoms with Crippen molar-refractivity contribution in [2.24, 2.45) is 5.73 Å². The first-order chi connectivity index (χ1) is 6.70. The SMILES string of the molecule is CC(N)CC1CCC2(CCCCC2)O1. The van der Waals surface area contributed by atoms with E-state index in [9.17, 15) is 0 Å². The van der Waals surface area contributed by atoms with Gasteiger partial charge in [-0.05, 0) is 39.0 Å². The largest absolute Gasteiger partial charge is 0.372 e. The van der Waals surface area contributed by atoms with Crippen LogP contribution < -0.4 is 5.73 Å². The summed E-state index contributed by atoms with van der Waals surface area (Å²) in [6, 6.07) is 0.291. The van der Waals surface area contributed by atoms with Crippen molar-refractivity contribution in [2.45, 2.75) is 76.0 Å². The van der Waals surface area contributed by atoms with Crippen LogP contribution >= 0.6 is 0 Å². The molecular weight excluding hydrogens is 174 g/mol. The molecule has 0 bridgehead atoms. The van der Waals surface area contributed by atoms with Crippen LogP contribution in [0.3, 0.4) is 0 Å². The van der Waals surface area contributed by atoms with Gasteiger partial charge in [0.15, 0.2) is 0 Å². The zero-order valence-electron chi connectivity index (χ0n) is 9.30. The molecule has 1 aliphatic carbocycles. The third-order valence-electron chi connectivity index (χ3n) is 3.74. The minimum Gasteiger partial charge on any atom is -0.372 e. The molecule has 1 saturated carbocycles. The van der Waals surface area contributed by atoms with Crippen molar-refractivity contribution < 1.29 is 4.74 Å². The fraction of sp³-hybridized carbons (Fsp3) is 1.00. The molecule has 2 rings (SSSR count). The van der Waals surface area contributed by atoms with Gasteiger partial charge in [-0.2, -0.15) is 0 Å². The van der Waals surface area contributed by atoms with Gasteiger partial charge in [-0.25, -0.2) is 0 Å². The van der Waals surface area contributed by atoms with E-state index in [2.05, 4.69) is 6.92 Å². The molecule has 0 radical (unpaired) electrons. The Bertz CT molecular complexity index is 185. The van der Waals surface area contributed by atoms with Crippen molar-refractivity contribution in [2.75, 3.05) is 0 Å². The lowest BCUT2D eigenvalue weighted by Gasteiger charge is -2.33. The quantitative estimate of drug-likeness (QED) is 0.738. The van der Waals surface area contributed by atoms with E-state index in [4.69, 9.17) is 10.5 Å². The summed E-state index contributed by atoms with van der Waals surface area (Å²) in [7, 11) is 0. The van der Waals surface area contributed by atoms with Gasteiger partial charge in [0.1, 0.15) is 0 Å². The number of ether oxygens (including phenoxy) is 1. The summed E-state index contributed by atoms with van der Waals surface area (Å²) in [6.45, 7) is 2.08. The minimum atomic E-state index is 0.276. The monoisotopic (exact) mass is 197 g/mol. The standard InChI is InChI=1S/C12H23NO/c1-10(13)9-11-5-8-12(14-11)6-3-2-4-7-12/h10-11H,2-9,13H2,1H3. The number of rotatable bonds is 2. The third kappa shape index (κ3) is 2.29. The average molecular weight is 197 g/mol. The van der Waals surface area contributed by atoms with E-state index in [0.717, 1.165) is 6.42 Å².